The molecule has 0 aliphatic rings. The number of nitrogens with two attached hydrogens (primary N) is 1. The summed E-state index contributed by atoms with van der Waals surface area (Å²) in [5, 5.41) is 9.39. The Hall–Kier alpha value is -1.09. The fourth-order valence-electron chi connectivity index (χ4n) is 1.20. The Balaban J connectivity index is 3.03. The Morgan fingerprint density at radius 1 is 1.54 bits per heavy atom. The van der Waals surface area contributed by atoms with Crippen LogP contribution < -0.4 is 5.73 Å². The molecular weight excluding hydrogens is 169 g/mol. The molecule has 72 valence electrons. The van der Waals surface area contributed by atoms with Gasteiger partial charge in [-0.15, -0.1) is 0 Å². The maximum Gasteiger partial charge on any atom is 0.120 e. The first-order valence-corrected chi connectivity index (χ1v) is 4.32. The van der Waals surface area contributed by atoms with Crippen LogP contribution in [0.4, 0.5) is 4.39 Å². The number of aryl methyl sites for hydroxylation is 1. The molecule has 13 heavy (non-hydrogen) atoms. The Morgan fingerprint density at radius 2 is 2.23 bits per heavy atom. The smallest absolute Gasteiger partial charge is 0.120 e. The van der Waals surface area contributed by atoms with E-state index in [-0.39, 0.29) is 5.75 Å². The predicted octanol–water partition coefficient (Wildman–Crippen LogP) is 1.92. The first kappa shape index (κ1) is 9.99. The highest BCUT2D eigenvalue weighted by Crippen LogP contribution is 2.24. The summed E-state index contributed by atoms with van der Waals surface area (Å²) in [6.45, 7) is 1.35. The van der Waals surface area contributed by atoms with Crippen LogP contribution in [0.5, 0.6) is 5.75 Å². The highest BCUT2D eigenvalue weighted by Gasteiger charge is 2.10. The molecule has 0 heterocycles. The fourth-order valence-corrected chi connectivity index (χ4v) is 1.20. The molecule has 0 saturated heterocycles. The van der Waals surface area contributed by atoms with E-state index in [4.69, 9.17) is 5.73 Å². The predicted molar refractivity (Wildman–Crippen MR) is 50.4 cm³/mol. The summed E-state index contributed by atoms with van der Waals surface area (Å²) in [6, 6.07) is 4.40. The van der Waals surface area contributed by atoms with Gasteiger partial charge in [0.2, 0.25) is 0 Å². The SMILES string of the molecule is CCc1ccc(O)c([C@H](N)CF)c1. The second-order valence-electron chi connectivity index (χ2n) is 3.01. The molecule has 3 N–H and O–H groups in total. The Labute approximate surface area is 77.2 Å². The molecule has 2 nitrogen and oxygen atoms in total. The Morgan fingerprint density at radius 3 is 2.77 bits per heavy atom. The molecule has 0 aliphatic heterocycles. The molecule has 1 aromatic rings. The number of hydrogen-bond donors (Lipinski definition) is 2. The summed E-state index contributed by atoms with van der Waals surface area (Å²) < 4.78 is 12.3. The van der Waals surface area contributed by atoms with Gasteiger partial charge in [0.05, 0.1) is 6.04 Å². The third-order valence-electron chi connectivity index (χ3n) is 2.07. The van der Waals surface area contributed by atoms with Gasteiger partial charge in [0.25, 0.3) is 0 Å². The van der Waals surface area contributed by atoms with Crippen molar-refractivity contribution in [2.75, 3.05) is 6.67 Å². The monoisotopic (exact) mass is 183 g/mol. The number of hydrogen-bond acceptors (Lipinski definition) is 2. The second kappa shape index (κ2) is 4.23. The van der Waals surface area contributed by atoms with E-state index in [1.165, 1.54) is 0 Å². The topological polar surface area (TPSA) is 46.2 Å². The normalized spacial score (nSPS) is 12.8. The molecule has 0 spiro atoms. The maximum absolute atomic E-state index is 12.3. The first-order valence-electron chi connectivity index (χ1n) is 4.32. The van der Waals surface area contributed by atoms with Crippen molar-refractivity contribution in [3.8, 4) is 5.75 Å². The van der Waals surface area contributed by atoms with Crippen LogP contribution in [0.15, 0.2) is 18.2 Å². The fraction of sp³-hybridized carbons (Fsp3) is 0.400. The minimum Gasteiger partial charge on any atom is -0.508 e. The number of halogens is 1. The van der Waals surface area contributed by atoms with Crippen LogP contribution >= 0.6 is 0 Å². The lowest BCUT2D eigenvalue weighted by atomic mass is 10.0. The van der Waals surface area contributed by atoms with Crippen LogP contribution in [0.2, 0.25) is 0 Å². The Bertz CT molecular complexity index is 288. The van der Waals surface area contributed by atoms with Crippen molar-refractivity contribution in [2.24, 2.45) is 5.73 Å². The van der Waals surface area contributed by atoms with E-state index in [1.54, 1.807) is 12.1 Å². The lowest BCUT2D eigenvalue weighted by molar-refractivity contribution is 0.414. The average Bonchev–Trinajstić information content (AvgIpc) is 2.17. The van der Waals surface area contributed by atoms with Gasteiger partial charge < -0.3 is 10.8 Å². The second-order valence-corrected chi connectivity index (χ2v) is 3.01. The standard InChI is InChI=1S/C10H14FNO/c1-2-7-3-4-10(13)8(5-7)9(12)6-11/h3-5,9,13H,2,6,12H2,1H3/t9-/m1/s1. The molecule has 0 radical (unpaired) electrons. The van der Waals surface area contributed by atoms with Gasteiger partial charge in [-0.05, 0) is 18.1 Å². The summed E-state index contributed by atoms with van der Waals surface area (Å²) in [6.07, 6.45) is 0.853. The van der Waals surface area contributed by atoms with E-state index < -0.39 is 12.7 Å². The van der Waals surface area contributed by atoms with Crippen molar-refractivity contribution in [1.82, 2.24) is 0 Å². The molecule has 0 saturated carbocycles. The van der Waals surface area contributed by atoms with Crippen molar-refractivity contribution in [3.63, 3.8) is 0 Å². The third-order valence-corrected chi connectivity index (χ3v) is 2.07. The van der Waals surface area contributed by atoms with E-state index in [2.05, 4.69) is 0 Å². The van der Waals surface area contributed by atoms with E-state index in [1.807, 2.05) is 13.0 Å². The minimum atomic E-state index is -0.716. The largest absolute Gasteiger partial charge is 0.508 e. The molecule has 0 unspecified atom stereocenters. The van der Waals surface area contributed by atoms with Crippen LogP contribution in [0.3, 0.4) is 0 Å². The van der Waals surface area contributed by atoms with Gasteiger partial charge in [0.15, 0.2) is 0 Å². The number of phenols is 1. The number of aromatic hydroxyl groups is 1. The molecule has 0 bridgehead atoms. The molecule has 1 rings (SSSR count). The number of benzene rings is 1. The third kappa shape index (κ3) is 2.18. The highest BCUT2D eigenvalue weighted by molar-refractivity contribution is 5.38. The van der Waals surface area contributed by atoms with Crippen LogP contribution in [0, 0.1) is 0 Å². The molecular formula is C10H14FNO. The summed E-state index contributed by atoms with van der Waals surface area (Å²) in [7, 11) is 0. The maximum atomic E-state index is 12.3. The number of phenolic OH excluding ortho intramolecular Hbond substituents is 1. The Kier molecular flexibility index (Phi) is 3.25. The van der Waals surface area contributed by atoms with Crippen LogP contribution in [0.25, 0.3) is 0 Å². The number of rotatable bonds is 3. The zero-order chi connectivity index (χ0) is 9.84. The van der Waals surface area contributed by atoms with Crippen molar-refractivity contribution >= 4 is 0 Å². The molecule has 0 aromatic heterocycles. The van der Waals surface area contributed by atoms with Gasteiger partial charge in [-0.3, -0.25) is 0 Å². The van der Waals surface area contributed by atoms with E-state index in [0.29, 0.717) is 5.56 Å². The summed E-state index contributed by atoms with van der Waals surface area (Å²) in [5.74, 6) is 0.0716. The van der Waals surface area contributed by atoms with Gasteiger partial charge in [-0.1, -0.05) is 19.1 Å². The van der Waals surface area contributed by atoms with Gasteiger partial charge in [0, 0.05) is 5.56 Å². The zero-order valence-corrected chi connectivity index (χ0v) is 7.63. The zero-order valence-electron chi connectivity index (χ0n) is 7.63. The molecule has 0 amide bonds. The van der Waals surface area contributed by atoms with Gasteiger partial charge in [0.1, 0.15) is 12.4 Å². The van der Waals surface area contributed by atoms with Crippen LogP contribution in [0.1, 0.15) is 24.1 Å². The lowest BCUT2D eigenvalue weighted by Crippen LogP contribution is -2.12. The summed E-state index contributed by atoms with van der Waals surface area (Å²) >= 11 is 0. The summed E-state index contributed by atoms with van der Waals surface area (Å²) in [4.78, 5) is 0. The van der Waals surface area contributed by atoms with E-state index in [0.717, 1.165) is 12.0 Å². The van der Waals surface area contributed by atoms with Crippen molar-refractivity contribution in [3.05, 3.63) is 29.3 Å². The van der Waals surface area contributed by atoms with Crippen LogP contribution in [-0.2, 0) is 6.42 Å². The van der Waals surface area contributed by atoms with Crippen molar-refractivity contribution < 1.29 is 9.50 Å². The molecule has 1 atom stereocenters. The number of alkyl halides is 1. The molecule has 3 heteroatoms. The molecule has 0 fully saturated rings. The van der Waals surface area contributed by atoms with Crippen LogP contribution in [-0.4, -0.2) is 11.8 Å². The molecule has 0 aliphatic carbocycles. The van der Waals surface area contributed by atoms with E-state index >= 15 is 0 Å². The van der Waals surface area contributed by atoms with Gasteiger partial charge >= 0.3 is 0 Å². The van der Waals surface area contributed by atoms with Gasteiger partial charge in [-0.25, -0.2) is 4.39 Å². The quantitative estimate of drug-likeness (QED) is 0.752. The van der Waals surface area contributed by atoms with Gasteiger partial charge in [-0.2, -0.15) is 0 Å². The van der Waals surface area contributed by atoms with Crippen molar-refractivity contribution in [2.45, 2.75) is 19.4 Å². The highest BCUT2D eigenvalue weighted by atomic mass is 19.1. The average molecular weight is 183 g/mol. The molecule has 1 aromatic carbocycles. The van der Waals surface area contributed by atoms with E-state index in [9.17, 15) is 9.50 Å². The minimum absolute atomic E-state index is 0.0716. The lowest BCUT2D eigenvalue weighted by Gasteiger charge is -2.10. The first-order chi connectivity index (χ1) is 6.19. The summed E-state index contributed by atoms with van der Waals surface area (Å²) in [5.41, 5.74) is 7.02. The van der Waals surface area contributed by atoms with Crippen molar-refractivity contribution in [1.29, 1.82) is 0 Å².